The maximum Gasteiger partial charge on any atom is 0.180 e. The number of rotatable bonds is 3. The summed E-state index contributed by atoms with van der Waals surface area (Å²) in [7, 11) is 0. The smallest absolute Gasteiger partial charge is 0.180 e. The Morgan fingerprint density at radius 1 is 1.33 bits per heavy atom. The van der Waals surface area contributed by atoms with Gasteiger partial charge in [-0.1, -0.05) is 26.0 Å². The second-order valence-electron chi connectivity index (χ2n) is 3.72. The van der Waals surface area contributed by atoms with Crippen molar-refractivity contribution < 1.29 is 4.79 Å². The lowest BCUT2D eigenvalue weighted by Crippen LogP contribution is -2.18. The Labute approximate surface area is 103 Å². The van der Waals surface area contributed by atoms with Gasteiger partial charge in [-0.3, -0.25) is 4.79 Å². The molecule has 1 unspecified atom stereocenters. The maximum atomic E-state index is 11.9. The fraction of sp³-hybridized carbons (Fsp3) is 0.333. The predicted octanol–water partition coefficient (Wildman–Crippen LogP) is 3.27. The summed E-state index contributed by atoms with van der Waals surface area (Å²) in [4.78, 5) is 11.9. The van der Waals surface area contributed by atoms with E-state index in [1.807, 2.05) is 26.0 Å². The third-order valence-electron chi connectivity index (χ3n) is 2.22. The number of hydrogen-bond acceptors (Lipinski definition) is 2. The Hall–Kier alpha value is -0.890. The SMILES string of the molecule is CC(C)C(C#N)C(=O)c1ccc(I)cc1. The van der Waals surface area contributed by atoms with E-state index in [0.717, 1.165) is 3.57 Å². The first-order valence-electron chi connectivity index (χ1n) is 4.75. The minimum Gasteiger partial charge on any atom is -0.293 e. The van der Waals surface area contributed by atoms with E-state index in [-0.39, 0.29) is 11.7 Å². The summed E-state index contributed by atoms with van der Waals surface area (Å²) in [6.07, 6.45) is 0. The third kappa shape index (κ3) is 3.03. The molecule has 0 saturated carbocycles. The van der Waals surface area contributed by atoms with Crippen LogP contribution < -0.4 is 0 Å². The number of Topliss-reactive ketones (excluding diaryl/α,β-unsaturated/α-hetero) is 1. The fourth-order valence-electron chi connectivity index (χ4n) is 1.30. The van der Waals surface area contributed by atoms with Crippen LogP contribution in [0.3, 0.4) is 0 Å². The topological polar surface area (TPSA) is 40.9 Å². The van der Waals surface area contributed by atoms with Gasteiger partial charge in [-0.05, 0) is 40.6 Å². The van der Waals surface area contributed by atoms with E-state index in [2.05, 4.69) is 28.7 Å². The van der Waals surface area contributed by atoms with Crippen LogP contribution in [-0.2, 0) is 0 Å². The van der Waals surface area contributed by atoms with Crippen LogP contribution in [0.25, 0.3) is 0 Å². The zero-order chi connectivity index (χ0) is 11.4. The number of nitrogens with zero attached hydrogens (tertiary/aromatic N) is 1. The standard InChI is InChI=1S/C12H12INO/c1-8(2)11(7-14)12(15)9-3-5-10(13)6-4-9/h3-6,8,11H,1-2H3. The zero-order valence-electron chi connectivity index (χ0n) is 8.70. The molecule has 0 bridgehead atoms. The second kappa shape index (κ2) is 5.26. The van der Waals surface area contributed by atoms with Crippen LogP contribution in [0, 0.1) is 26.7 Å². The summed E-state index contributed by atoms with van der Waals surface area (Å²) in [5.74, 6) is -0.560. The van der Waals surface area contributed by atoms with Gasteiger partial charge >= 0.3 is 0 Å². The molecule has 78 valence electrons. The summed E-state index contributed by atoms with van der Waals surface area (Å²) >= 11 is 2.18. The molecule has 1 aromatic rings. The molecule has 0 aliphatic rings. The van der Waals surface area contributed by atoms with Gasteiger partial charge in [0.15, 0.2) is 5.78 Å². The van der Waals surface area contributed by atoms with Crippen LogP contribution in [0.1, 0.15) is 24.2 Å². The first-order chi connectivity index (χ1) is 7.06. The van der Waals surface area contributed by atoms with Gasteiger partial charge in [-0.15, -0.1) is 0 Å². The molecule has 2 nitrogen and oxygen atoms in total. The Balaban J connectivity index is 2.94. The van der Waals surface area contributed by atoms with Crippen molar-refractivity contribution in [2.45, 2.75) is 13.8 Å². The van der Waals surface area contributed by atoms with E-state index in [4.69, 9.17) is 5.26 Å². The predicted molar refractivity (Wildman–Crippen MR) is 67.4 cm³/mol. The van der Waals surface area contributed by atoms with Crippen molar-refractivity contribution in [2.75, 3.05) is 0 Å². The van der Waals surface area contributed by atoms with Crippen molar-refractivity contribution in [2.24, 2.45) is 11.8 Å². The monoisotopic (exact) mass is 313 g/mol. The van der Waals surface area contributed by atoms with E-state index in [1.165, 1.54) is 0 Å². The molecule has 0 radical (unpaired) electrons. The highest BCUT2D eigenvalue weighted by Crippen LogP contribution is 2.17. The molecule has 0 amide bonds. The van der Waals surface area contributed by atoms with E-state index >= 15 is 0 Å². The largest absolute Gasteiger partial charge is 0.293 e. The molecular formula is C12H12INO. The lowest BCUT2D eigenvalue weighted by Gasteiger charge is -2.11. The quantitative estimate of drug-likeness (QED) is 0.635. The summed E-state index contributed by atoms with van der Waals surface area (Å²) in [5, 5.41) is 8.91. The second-order valence-corrected chi connectivity index (χ2v) is 4.97. The molecule has 0 N–H and O–H groups in total. The molecule has 0 saturated heterocycles. The third-order valence-corrected chi connectivity index (χ3v) is 2.94. The van der Waals surface area contributed by atoms with Gasteiger partial charge in [-0.2, -0.15) is 5.26 Å². The van der Waals surface area contributed by atoms with Crippen molar-refractivity contribution in [3.05, 3.63) is 33.4 Å². The molecule has 0 heterocycles. The lowest BCUT2D eigenvalue weighted by molar-refractivity contribution is 0.0924. The molecule has 0 fully saturated rings. The van der Waals surface area contributed by atoms with Crippen LogP contribution >= 0.6 is 22.6 Å². The van der Waals surface area contributed by atoms with Gasteiger partial charge in [0.05, 0.1) is 6.07 Å². The van der Waals surface area contributed by atoms with Crippen LogP contribution in [0.15, 0.2) is 24.3 Å². The minimum absolute atomic E-state index is 0.0572. The van der Waals surface area contributed by atoms with Gasteiger partial charge in [0, 0.05) is 9.13 Å². The zero-order valence-corrected chi connectivity index (χ0v) is 10.9. The van der Waals surface area contributed by atoms with E-state index < -0.39 is 5.92 Å². The van der Waals surface area contributed by atoms with Crippen molar-refractivity contribution in [1.82, 2.24) is 0 Å². The molecule has 3 heteroatoms. The molecular weight excluding hydrogens is 301 g/mol. The fourth-order valence-corrected chi connectivity index (χ4v) is 1.66. The van der Waals surface area contributed by atoms with Gasteiger partial charge in [-0.25, -0.2) is 0 Å². The normalized spacial score (nSPS) is 12.2. The van der Waals surface area contributed by atoms with Crippen molar-refractivity contribution in [3.63, 3.8) is 0 Å². The molecule has 0 aromatic heterocycles. The summed E-state index contributed by atoms with van der Waals surface area (Å²) in [6.45, 7) is 3.77. The number of benzene rings is 1. The average Bonchev–Trinajstić information content (AvgIpc) is 2.19. The van der Waals surface area contributed by atoms with Crippen LogP contribution in [0.2, 0.25) is 0 Å². The highest BCUT2D eigenvalue weighted by atomic mass is 127. The number of hydrogen-bond donors (Lipinski definition) is 0. The van der Waals surface area contributed by atoms with Gasteiger partial charge in [0.25, 0.3) is 0 Å². The molecule has 1 aromatic carbocycles. The van der Waals surface area contributed by atoms with Crippen LogP contribution in [0.5, 0.6) is 0 Å². The summed E-state index contributed by atoms with van der Waals surface area (Å²) in [6, 6.07) is 9.37. The van der Waals surface area contributed by atoms with Crippen molar-refractivity contribution in [3.8, 4) is 6.07 Å². The van der Waals surface area contributed by atoms with Crippen molar-refractivity contribution in [1.29, 1.82) is 5.26 Å². The number of carbonyl (C=O) groups is 1. The van der Waals surface area contributed by atoms with Gasteiger partial charge in [0.1, 0.15) is 5.92 Å². The number of halogens is 1. The number of nitriles is 1. The number of carbonyl (C=O) groups excluding carboxylic acids is 1. The Morgan fingerprint density at radius 2 is 1.87 bits per heavy atom. The van der Waals surface area contributed by atoms with Gasteiger partial charge < -0.3 is 0 Å². The summed E-state index contributed by atoms with van der Waals surface area (Å²) < 4.78 is 1.09. The van der Waals surface area contributed by atoms with E-state index in [1.54, 1.807) is 12.1 Å². The molecule has 0 aliphatic heterocycles. The number of ketones is 1. The highest BCUT2D eigenvalue weighted by Gasteiger charge is 2.22. The molecule has 0 aliphatic carbocycles. The average molecular weight is 313 g/mol. The van der Waals surface area contributed by atoms with E-state index in [9.17, 15) is 4.79 Å². The van der Waals surface area contributed by atoms with Crippen LogP contribution in [-0.4, -0.2) is 5.78 Å². The van der Waals surface area contributed by atoms with Crippen molar-refractivity contribution >= 4 is 28.4 Å². The Kier molecular flexibility index (Phi) is 4.28. The lowest BCUT2D eigenvalue weighted by atomic mass is 9.89. The maximum absolute atomic E-state index is 11.9. The Morgan fingerprint density at radius 3 is 2.27 bits per heavy atom. The van der Waals surface area contributed by atoms with Crippen LogP contribution in [0.4, 0.5) is 0 Å². The molecule has 1 atom stereocenters. The molecule has 1 rings (SSSR count). The Bertz CT molecular complexity index is 389. The first kappa shape index (κ1) is 12.2. The summed E-state index contributed by atoms with van der Waals surface area (Å²) in [5.41, 5.74) is 0.621. The highest BCUT2D eigenvalue weighted by molar-refractivity contribution is 14.1. The van der Waals surface area contributed by atoms with Gasteiger partial charge in [0.2, 0.25) is 0 Å². The first-order valence-corrected chi connectivity index (χ1v) is 5.83. The molecule has 15 heavy (non-hydrogen) atoms. The van der Waals surface area contributed by atoms with E-state index in [0.29, 0.717) is 5.56 Å². The molecule has 0 spiro atoms. The minimum atomic E-state index is -0.537.